The Hall–Kier alpha value is -1.75. The molecule has 3 amide bonds. The van der Waals surface area contributed by atoms with Crippen molar-refractivity contribution in [2.75, 3.05) is 59.6 Å². The van der Waals surface area contributed by atoms with Crippen LogP contribution in [0.2, 0.25) is 0 Å². The third-order valence-electron chi connectivity index (χ3n) is 7.74. The topological polar surface area (TPSA) is 120 Å². The average molecular weight is 467 g/mol. The zero-order valence-electron chi connectivity index (χ0n) is 19.6. The number of nitrogens with zero attached hydrogens (tertiary/aromatic N) is 2. The first-order valence-corrected chi connectivity index (χ1v) is 12.4. The van der Waals surface area contributed by atoms with Crippen molar-refractivity contribution in [1.29, 1.82) is 0 Å². The molecule has 10 heteroatoms. The summed E-state index contributed by atoms with van der Waals surface area (Å²) in [5.74, 6) is -1.66. The molecule has 2 unspecified atom stereocenters. The number of ether oxygens (including phenoxy) is 2. The molecule has 4 aliphatic heterocycles. The Morgan fingerprint density at radius 2 is 1.88 bits per heavy atom. The SMILES string of the molecule is CNC(=O)[C@@H]1[C@@H]2CCC3(O2)C(C(=O)NCCN2CCOCC2)N(CCCCCCO)C(=O)[C@H]13. The van der Waals surface area contributed by atoms with E-state index in [1.807, 2.05) is 0 Å². The molecule has 5 atom stereocenters. The largest absolute Gasteiger partial charge is 0.396 e. The lowest BCUT2D eigenvalue weighted by atomic mass is 9.70. The van der Waals surface area contributed by atoms with Crippen molar-refractivity contribution in [2.45, 2.75) is 56.3 Å². The predicted octanol–water partition coefficient (Wildman–Crippen LogP) is -0.892. The lowest BCUT2D eigenvalue weighted by Gasteiger charge is -2.34. The molecule has 0 saturated carbocycles. The normalized spacial score (nSPS) is 33.4. The number of morpholine rings is 1. The van der Waals surface area contributed by atoms with Gasteiger partial charge in [0.15, 0.2) is 0 Å². The zero-order chi connectivity index (χ0) is 23.4. The number of carbonyl (C=O) groups excluding carboxylic acids is 3. The molecular formula is C23H38N4O6. The van der Waals surface area contributed by atoms with Crippen molar-refractivity contribution in [3.8, 4) is 0 Å². The second-order valence-electron chi connectivity index (χ2n) is 9.58. The molecule has 33 heavy (non-hydrogen) atoms. The van der Waals surface area contributed by atoms with Crippen molar-refractivity contribution in [2.24, 2.45) is 11.8 Å². The first-order chi connectivity index (χ1) is 16.0. The van der Waals surface area contributed by atoms with Gasteiger partial charge in [0.25, 0.3) is 0 Å². The molecule has 2 bridgehead atoms. The minimum Gasteiger partial charge on any atom is -0.396 e. The van der Waals surface area contributed by atoms with Crippen molar-refractivity contribution in [1.82, 2.24) is 20.4 Å². The smallest absolute Gasteiger partial charge is 0.245 e. The summed E-state index contributed by atoms with van der Waals surface area (Å²) in [6, 6.07) is -0.711. The highest BCUT2D eigenvalue weighted by Crippen LogP contribution is 2.58. The van der Waals surface area contributed by atoms with Crippen LogP contribution >= 0.6 is 0 Å². The number of rotatable bonds is 11. The molecule has 0 radical (unpaired) electrons. The third-order valence-corrected chi connectivity index (χ3v) is 7.74. The summed E-state index contributed by atoms with van der Waals surface area (Å²) in [5.41, 5.74) is -0.924. The molecule has 4 heterocycles. The summed E-state index contributed by atoms with van der Waals surface area (Å²) in [6.45, 7) is 4.95. The van der Waals surface area contributed by atoms with Crippen LogP contribution in [0, 0.1) is 11.8 Å². The lowest BCUT2D eigenvalue weighted by molar-refractivity contribution is -0.142. The molecule has 0 aliphatic carbocycles. The molecule has 186 valence electrons. The summed E-state index contributed by atoms with van der Waals surface area (Å²) in [4.78, 5) is 43.6. The van der Waals surface area contributed by atoms with E-state index in [0.717, 1.165) is 45.3 Å². The molecular weight excluding hydrogens is 428 g/mol. The Labute approximate surface area is 195 Å². The molecule has 4 fully saturated rings. The summed E-state index contributed by atoms with van der Waals surface area (Å²) >= 11 is 0. The van der Waals surface area contributed by atoms with E-state index in [4.69, 9.17) is 14.6 Å². The van der Waals surface area contributed by atoms with Crippen LogP contribution < -0.4 is 10.6 Å². The van der Waals surface area contributed by atoms with Crippen LogP contribution in [0.3, 0.4) is 0 Å². The van der Waals surface area contributed by atoms with Crippen LogP contribution in [0.1, 0.15) is 38.5 Å². The maximum absolute atomic E-state index is 13.6. The molecule has 3 N–H and O–H groups in total. The van der Waals surface area contributed by atoms with E-state index in [1.54, 1.807) is 11.9 Å². The summed E-state index contributed by atoms with van der Waals surface area (Å²) in [7, 11) is 1.58. The number of fused-ring (bicyclic) bond motifs is 1. The minimum absolute atomic E-state index is 0.138. The Balaban J connectivity index is 1.47. The van der Waals surface area contributed by atoms with E-state index in [2.05, 4.69) is 15.5 Å². The van der Waals surface area contributed by atoms with E-state index in [1.165, 1.54) is 0 Å². The number of nitrogens with one attached hydrogen (secondary N) is 2. The maximum atomic E-state index is 13.6. The van der Waals surface area contributed by atoms with Gasteiger partial charge in [-0.25, -0.2) is 0 Å². The average Bonchev–Trinajstić information content (AvgIpc) is 3.46. The number of carbonyl (C=O) groups is 3. The highest BCUT2D eigenvalue weighted by molar-refractivity contribution is 5.98. The molecule has 1 spiro atoms. The number of amides is 3. The minimum atomic E-state index is -0.924. The van der Waals surface area contributed by atoms with Gasteiger partial charge in [0.2, 0.25) is 17.7 Å². The van der Waals surface area contributed by atoms with E-state index < -0.39 is 23.5 Å². The van der Waals surface area contributed by atoms with Crippen LogP contribution in [0.4, 0.5) is 0 Å². The van der Waals surface area contributed by atoms with Crippen LogP contribution in [0.25, 0.3) is 0 Å². The quantitative estimate of drug-likeness (QED) is 0.338. The molecule has 4 saturated heterocycles. The Kier molecular flexibility index (Phi) is 7.88. The fourth-order valence-electron chi connectivity index (χ4n) is 6.17. The first kappa shape index (κ1) is 24.4. The Morgan fingerprint density at radius 3 is 2.61 bits per heavy atom. The molecule has 4 aliphatic rings. The van der Waals surface area contributed by atoms with Crippen molar-refractivity contribution in [3.63, 3.8) is 0 Å². The molecule has 0 aromatic heterocycles. The molecule has 0 aromatic carbocycles. The van der Waals surface area contributed by atoms with Crippen LogP contribution in [-0.4, -0.2) is 110 Å². The van der Waals surface area contributed by atoms with E-state index in [9.17, 15) is 14.4 Å². The molecule has 0 aromatic rings. The van der Waals surface area contributed by atoms with Crippen molar-refractivity contribution < 1.29 is 29.0 Å². The second-order valence-corrected chi connectivity index (χ2v) is 9.58. The number of likely N-dealkylation sites (tertiary alicyclic amines) is 1. The number of unbranched alkanes of at least 4 members (excludes halogenated alkanes) is 3. The van der Waals surface area contributed by atoms with Crippen LogP contribution in [-0.2, 0) is 23.9 Å². The number of aliphatic hydroxyl groups excluding tert-OH is 1. The van der Waals surface area contributed by atoms with Crippen LogP contribution in [0.5, 0.6) is 0 Å². The number of aliphatic hydroxyl groups is 1. The van der Waals surface area contributed by atoms with Gasteiger partial charge < -0.3 is 30.1 Å². The highest BCUT2D eigenvalue weighted by Gasteiger charge is 2.74. The van der Waals surface area contributed by atoms with Gasteiger partial charge in [-0.15, -0.1) is 0 Å². The van der Waals surface area contributed by atoms with Crippen molar-refractivity contribution in [3.05, 3.63) is 0 Å². The lowest BCUT2D eigenvalue weighted by Crippen LogP contribution is -2.56. The van der Waals surface area contributed by atoms with Gasteiger partial charge in [0, 0.05) is 46.4 Å². The predicted molar refractivity (Wildman–Crippen MR) is 119 cm³/mol. The monoisotopic (exact) mass is 466 g/mol. The fraction of sp³-hybridized carbons (Fsp3) is 0.870. The summed E-state index contributed by atoms with van der Waals surface area (Å²) in [6.07, 6.45) is 4.22. The maximum Gasteiger partial charge on any atom is 0.245 e. The van der Waals surface area contributed by atoms with Gasteiger partial charge in [-0.2, -0.15) is 0 Å². The number of hydrogen-bond acceptors (Lipinski definition) is 7. The van der Waals surface area contributed by atoms with Gasteiger partial charge in [-0.3, -0.25) is 19.3 Å². The number of hydrogen-bond donors (Lipinski definition) is 3. The Bertz CT molecular complexity index is 730. The van der Waals surface area contributed by atoms with E-state index >= 15 is 0 Å². The van der Waals surface area contributed by atoms with Gasteiger partial charge in [0.1, 0.15) is 11.6 Å². The van der Waals surface area contributed by atoms with Gasteiger partial charge in [-0.05, 0) is 25.7 Å². The van der Waals surface area contributed by atoms with E-state index in [-0.39, 0.29) is 30.4 Å². The Morgan fingerprint density at radius 1 is 1.12 bits per heavy atom. The first-order valence-electron chi connectivity index (χ1n) is 12.4. The fourth-order valence-corrected chi connectivity index (χ4v) is 6.17. The van der Waals surface area contributed by atoms with Gasteiger partial charge in [0.05, 0.1) is 31.2 Å². The van der Waals surface area contributed by atoms with Gasteiger partial charge >= 0.3 is 0 Å². The van der Waals surface area contributed by atoms with Crippen LogP contribution in [0.15, 0.2) is 0 Å². The van der Waals surface area contributed by atoms with Gasteiger partial charge in [-0.1, -0.05) is 12.8 Å². The summed E-state index contributed by atoms with van der Waals surface area (Å²) < 4.78 is 11.7. The van der Waals surface area contributed by atoms with E-state index in [0.29, 0.717) is 39.1 Å². The zero-order valence-corrected chi connectivity index (χ0v) is 19.6. The third kappa shape index (κ3) is 4.62. The standard InChI is InChI=1S/C23H38N4O6/c1-24-20(29)17-16-6-7-23(33-16)18(17)22(31)27(9-4-2-3-5-13-28)19(23)21(30)25-8-10-26-11-14-32-15-12-26/h16-19,28H,2-15H2,1H3,(H,24,29)(H,25,30)/t16-,17+,18-,19?,23?/m0/s1. The van der Waals surface area contributed by atoms with Crippen molar-refractivity contribution >= 4 is 17.7 Å². The molecule has 10 nitrogen and oxygen atoms in total. The highest BCUT2D eigenvalue weighted by atomic mass is 16.5. The molecule has 4 rings (SSSR count). The second kappa shape index (κ2) is 10.7. The summed E-state index contributed by atoms with van der Waals surface area (Å²) in [5, 5.41) is 14.8.